The Morgan fingerprint density at radius 2 is 1.87 bits per heavy atom. The lowest BCUT2D eigenvalue weighted by Gasteiger charge is -2.36. The maximum atomic E-state index is 12.2. The first-order valence-electron chi connectivity index (χ1n) is 13.6. The molecular weight excluding hydrogens is 494 g/mol. The van der Waals surface area contributed by atoms with Gasteiger partial charge < -0.3 is 29.8 Å². The van der Waals surface area contributed by atoms with E-state index < -0.39 is 5.60 Å². The van der Waals surface area contributed by atoms with Crippen molar-refractivity contribution < 1.29 is 19.0 Å². The summed E-state index contributed by atoms with van der Waals surface area (Å²) in [6, 6.07) is 6.15. The molecule has 3 N–H and O–H groups in total. The van der Waals surface area contributed by atoms with Crippen LogP contribution in [-0.4, -0.2) is 45.5 Å². The largest absolute Gasteiger partial charge is 0.495 e. The van der Waals surface area contributed by atoms with Gasteiger partial charge in [0.2, 0.25) is 0 Å². The zero-order chi connectivity index (χ0) is 27.9. The first-order chi connectivity index (χ1) is 18.4. The van der Waals surface area contributed by atoms with Crippen LogP contribution >= 0.6 is 0 Å². The minimum atomic E-state index is -0.513. The average Bonchev–Trinajstić information content (AvgIpc) is 3.32. The number of carbonyl (C=O) groups is 1. The minimum Gasteiger partial charge on any atom is -0.495 e. The lowest BCUT2D eigenvalue weighted by molar-refractivity contribution is 0.0471. The molecule has 39 heavy (non-hydrogen) atoms. The Bertz CT molecular complexity index is 1370. The third kappa shape index (κ3) is 5.53. The molecule has 1 aromatic carbocycles. The van der Waals surface area contributed by atoms with Crippen molar-refractivity contribution >= 4 is 11.9 Å². The number of nitrogens with two attached hydrogens (primary N) is 1. The van der Waals surface area contributed by atoms with Crippen LogP contribution in [0.5, 0.6) is 11.5 Å². The highest BCUT2D eigenvalue weighted by Crippen LogP contribution is 2.48. The summed E-state index contributed by atoms with van der Waals surface area (Å²) in [6.07, 6.45) is 9.28. The van der Waals surface area contributed by atoms with E-state index in [4.69, 9.17) is 19.9 Å². The molecule has 0 spiro atoms. The molecule has 0 bridgehead atoms. The van der Waals surface area contributed by atoms with Crippen molar-refractivity contribution in [2.45, 2.75) is 89.9 Å². The number of rotatable bonds is 5. The summed E-state index contributed by atoms with van der Waals surface area (Å²) in [5, 5.41) is 3.01. The van der Waals surface area contributed by atoms with Gasteiger partial charge >= 0.3 is 6.09 Å². The Labute approximate surface area is 230 Å². The van der Waals surface area contributed by atoms with Gasteiger partial charge in [-0.1, -0.05) is 13.8 Å². The molecule has 5 rings (SSSR count). The second-order valence-electron chi connectivity index (χ2n) is 12.2. The molecule has 2 aliphatic carbocycles. The van der Waals surface area contributed by atoms with Gasteiger partial charge in [0, 0.05) is 23.4 Å². The third-order valence-electron chi connectivity index (χ3n) is 7.52. The zero-order valence-corrected chi connectivity index (χ0v) is 23.7. The van der Waals surface area contributed by atoms with Crippen LogP contribution in [0.3, 0.4) is 0 Å². The lowest BCUT2D eigenvalue weighted by atomic mass is 9.71. The van der Waals surface area contributed by atoms with Gasteiger partial charge in [-0.15, -0.1) is 0 Å². The molecule has 0 atom stereocenters. The monoisotopic (exact) mass is 533 g/mol. The maximum Gasteiger partial charge on any atom is 0.407 e. The average molecular weight is 534 g/mol. The van der Waals surface area contributed by atoms with Gasteiger partial charge in [0.1, 0.15) is 29.2 Å². The lowest BCUT2D eigenvalue weighted by Crippen LogP contribution is -2.42. The van der Waals surface area contributed by atoms with Crippen LogP contribution in [0.2, 0.25) is 0 Å². The van der Waals surface area contributed by atoms with E-state index in [-0.39, 0.29) is 23.7 Å². The molecule has 1 saturated carbocycles. The number of ether oxygens (including phenoxy) is 3. The SMILES string of the molecule is COc1ccn(-c2c(O[C@H]3CC[C@H](NC(=O)OC(C)(C)C)CC3)ccc3c2CC(C)(C)c2c(N)ncnc2-3)c1. The Hall–Kier alpha value is -3.75. The van der Waals surface area contributed by atoms with Gasteiger partial charge in [0.25, 0.3) is 0 Å². The molecule has 1 amide bonds. The predicted octanol–water partition coefficient (Wildman–Crippen LogP) is 5.57. The number of fused-ring (bicyclic) bond motifs is 3. The number of carbonyl (C=O) groups excluding carboxylic acids is 1. The maximum absolute atomic E-state index is 12.2. The number of anilines is 1. The van der Waals surface area contributed by atoms with E-state index in [2.05, 4.69) is 39.8 Å². The molecule has 0 unspecified atom stereocenters. The van der Waals surface area contributed by atoms with E-state index in [9.17, 15) is 4.79 Å². The molecule has 2 aliphatic rings. The van der Waals surface area contributed by atoms with Crippen LogP contribution < -0.4 is 20.5 Å². The highest BCUT2D eigenvalue weighted by atomic mass is 16.6. The number of hydrogen-bond acceptors (Lipinski definition) is 7. The number of nitrogen functional groups attached to an aromatic ring is 1. The van der Waals surface area contributed by atoms with Gasteiger partial charge in [-0.2, -0.15) is 0 Å². The summed E-state index contributed by atoms with van der Waals surface area (Å²) in [6.45, 7) is 9.97. The topological polar surface area (TPSA) is 114 Å². The fraction of sp³-hybridized carbons (Fsp3) is 0.500. The molecule has 208 valence electrons. The normalized spacial score (nSPS) is 19.9. The predicted molar refractivity (Wildman–Crippen MR) is 151 cm³/mol. The Morgan fingerprint density at radius 3 is 2.54 bits per heavy atom. The van der Waals surface area contributed by atoms with E-state index in [0.29, 0.717) is 5.82 Å². The van der Waals surface area contributed by atoms with Crippen LogP contribution in [0.15, 0.2) is 36.9 Å². The summed E-state index contributed by atoms with van der Waals surface area (Å²) in [5.41, 5.74) is 10.6. The van der Waals surface area contributed by atoms with E-state index >= 15 is 0 Å². The first kappa shape index (κ1) is 26.8. The van der Waals surface area contributed by atoms with E-state index in [1.165, 1.54) is 6.33 Å². The number of nitrogens with zero attached hydrogens (tertiary/aromatic N) is 3. The highest BCUT2D eigenvalue weighted by Gasteiger charge is 2.37. The summed E-state index contributed by atoms with van der Waals surface area (Å²) >= 11 is 0. The van der Waals surface area contributed by atoms with Crippen LogP contribution in [0.1, 0.15) is 71.4 Å². The molecule has 1 fully saturated rings. The molecule has 0 radical (unpaired) electrons. The summed E-state index contributed by atoms with van der Waals surface area (Å²) < 4.78 is 19.7. The van der Waals surface area contributed by atoms with Crippen molar-refractivity contribution in [1.82, 2.24) is 19.9 Å². The quantitative estimate of drug-likeness (QED) is 0.440. The van der Waals surface area contributed by atoms with Gasteiger partial charge in [0.05, 0.1) is 30.8 Å². The van der Waals surface area contributed by atoms with Crippen LogP contribution in [0.25, 0.3) is 16.9 Å². The molecular formula is C30H39N5O4. The van der Waals surface area contributed by atoms with Gasteiger partial charge in [0.15, 0.2) is 0 Å². The van der Waals surface area contributed by atoms with E-state index in [0.717, 1.165) is 71.7 Å². The van der Waals surface area contributed by atoms with Crippen LogP contribution in [0, 0.1) is 0 Å². The number of alkyl carbamates (subject to hydrolysis) is 1. The van der Waals surface area contributed by atoms with E-state index in [1.807, 2.05) is 45.3 Å². The fourth-order valence-electron chi connectivity index (χ4n) is 5.81. The van der Waals surface area contributed by atoms with Crippen molar-refractivity contribution in [2.24, 2.45) is 0 Å². The smallest absolute Gasteiger partial charge is 0.407 e. The summed E-state index contributed by atoms with van der Waals surface area (Å²) in [4.78, 5) is 21.2. The highest BCUT2D eigenvalue weighted by molar-refractivity contribution is 5.80. The first-order valence-corrected chi connectivity index (χ1v) is 13.6. The van der Waals surface area contributed by atoms with Gasteiger partial charge in [-0.05, 0) is 82.1 Å². The molecule has 3 aromatic rings. The zero-order valence-electron chi connectivity index (χ0n) is 23.7. The number of amides is 1. The molecule has 9 heteroatoms. The van der Waals surface area contributed by atoms with Crippen molar-refractivity contribution in [2.75, 3.05) is 12.8 Å². The van der Waals surface area contributed by atoms with Crippen molar-refractivity contribution in [1.29, 1.82) is 0 Å². The second kappa shape index (κ2) is 10.1. The Morgan fingerprint density at radius 1 is 1.13 bits per heavy atom. The number of benzene rings is 1. The third-order valence-corrected chi connectivity index (χ3v) is 7.52. The summed E-state index contributed by atoms with van der Waals surface area (Å²) in [7, 11) is 1.67. The molecule has 0 aliphatic heterocycles. The van der Waals surface area contributed by atoms with Crippen molar-refractivity contribution in [3.8, 4) is 28.4 Å². The number of hydrogen-bond donors (Lipinski definition) is 2. The molecule has 0 saturated heterocycles. The van der Waals surface area contributed by atoms with Gasteiger partial charge in [-0.25, -0.2) is 14.8 Å². The number of aromatic nitrogens is 3. The molecule has 2 heterocycles. The number of nitrogens with one attached hydrogen (secondary N) is 1. The fourth-order valence-corrected chi connectivity index (χ4v) is 5.81. The van der Waals surface area contributed by atoms with Crippen molar-refractivity contribution in [3.05, 3.63) is 48.0 Å². The summed E-state index contributed by atoms with van der Waals surface area (Å²) in [5.74, 6) is 2.11. The van der Waals surface area contributed by atoms with Crippen LogP contribution in [0.4, 0.5) is 10.6 Å². The number of methoxy groups -OCH3 is 1. The van der Waals surface area contributed by atoms with E-state index in [1.54, 1.807) is 7.11 Å². The second-order valence-corrected chi connectivity index (χ2v) is 12.2. The molecule has 9 nitrogen and oxygen atoms in total. The minimum absolute atomic E-state index is 0.0396. The van der Waals surface area contributed by atoms with Crippen molar-refractivity contribution in [3.63, 3.8) is 0 Å². The Kier molecular flexibility index (Phi) is 6.95. The van der Waals surface area contributed by atoms with Gasteiger partial charge in [-0.3, -0.25) is 0 Å². The standard InChI is InChI=1S/C30H39N5O4/c1-29(2,3)39-28(36)34-18-7-9-19(10-8-18)38-23-12-11-21-22(26(23)35-14-13-20(16-35)37-6)15-30(4,5)24-25(21)32-17-33-27(24)31/h11-14,16-19H,7-10,15H2,1-6H3,(H,34,36)(H2,31,32,33)/t18-,19-. The molecule has 2 aromatic heterocycles. The van der Waals surface area contributed by atoms with Crippen LogP contribution in [-0.2, 0) is 16.6 Å². The Balaban J connectivity index is 1.44.